The monoisotopic (exact) mass is 288 g/mol. The van der Waals surface area contributed by atoms with Crippen LogP contribution < -0.4 is 10.6 Å². The van der Waals surface area contributed by atoms with Gasteiger partial charge in [-0.3, -0.25) is 4.79 Å². The summed E-state index contributed by atoms with van der Waals surface area (Å²) in [6.07, 6.45) is 0. The summed E-state index contributed by atoms with van der Waals surface area (Å²) < 4.78 is 0. The van der Waals surface area contributed by atoms with Crippen LogP contribution in [0.3, 0.4) is 0 Å². The van der Waals surface area contributed by atoms with E-state index in [0.29, 0.717) is 5.02 Å². The van der Waals surface area contributed by atoms with E-state index in [1.54, 1.807) is 6.07 Å². The molecule has 4 heteroatoms. The minimum atomic E-state index is -0.104. The predicted octanol–water partition coefficient (Wildman–Crippen LogP) is 4.01. The number of para-hydroxylation sites is 1. The zero-order valence-corrected chi connectivity index (χ0v) is 12.3. The van der Waals surface area contributed by atoms with Gasteiger partial charge in [0.05, 0.1) is 17.3 Å². The Morgan fingerprint density at radius 3 is 2.45 bits per heavy atom. The van der Waals surface area contributed by atoms with Gasteiger partial charge in [-0.2, -0.15) is 0 Å². The van der Waals surface area contributed by atoms with E-state index in [1.165, 1.54) is 0 Å². The third-order valence-corrected chi connectivity index (χ3v) is 3.30. The molecule has 0 aliphatic heterocycles. The third kappa shape index (κ3) is 3.75. The highest BCUT2D eigenvalue weighted by Gasteiger charge is 2.06. The van der Waals surface area contributed by atoms with E-state index in [9.17, 15) is 4.79 Å². The molecular weight excluding hydrogens is 272 g/mol. The number of anilines is 2. The largest absolute Gasteiger partial charge is 0.375 e. The van der Waals surface area contributed by atoms with Crippen molar-refractivity contribution in [1.29, 1.82) is 0 Å². The molecule has 0 unspecified atom stereocenters. The molecule has 0 aromatic heterocycles. The van der Waals surface area contributed by atoms with Crippen molar-refractivity contribution in [3.8, 4) is 0 Å². The maximum Gasteiger partial charge on any atom is 0.243 e. The molecule has 2 aromatic rings. The van der Waals surface area contributed by atoms with Gasteiger partial charge in [-0.05, 0) is 37.6 Å². The van der Waals surface area contributed by atoms with E-state index >= 15 is 0 Å². The number of aryl methyl sites for hydroxylation is 2. The van der Waals surface area contributed by atoms with Gasteiger partial charge >= 0.3 is 0 Å². The molecule has 0 radical (unpaired) electrons. The van der Waals surface area contributed by atoms with Crippen LogP contribution in [0.2, 0.25) is 5.02 Å². The van der Waals surface area contributed by atoms with Crippen LogP contribution in [0.5, 0.6) is 0 Å². The lowest BCUT2D eigenvalue weighted by atomic mass is 10.2. The number of carbonyl (C=O) groups excluding carboxylic acids is 1. The van der Waals surface area contributed by atoms with Crippen molar-refractivity contribution < 1.29 is 4.79 Å². The molecule has 0 atom stereocenters. The molecule has 2 rings (SSSR count). The fourth-order valence-electron chi connectivity index (χ4n) is 1.87. The van der Waals surface area contributed by atoms with Gasteiger partial charge in [0.1, 0.15) is 0 Å². The average molecular weight is 289 g/mol. The lowest BCUT2D eigenvalue weighted by molar-refractivity contribution is -0.114. The average Bonchev–Trinajstić information content (AvgIpc) is 2.41. The molecule has 0 saturated heterocycles. The van der Waals surface area contributed by atoms with Gasteiger partial charge in [-0.1, -0.05) is 41.4 Å². The Balaban J connectivity index is 1.94. The third-order valence-electron chi connectivity index (χ3n) is 2.98. The highest BCUT2D eigenvalue weighted by atomic mass is 35.5. The summed E-state index contributed by atoms with van der Waals surface area (Å²) in [4.78, 5) is 11.9. The van der Waals surface area contributed by atoms with Crippen LogP contribution in [0.1, 0.15) is 11.1 Å². The number of hydrogen-bond acceptors (Lipinski definition) is 2. The van der Waals surface area contributed by atoms with E-state index in [1.807, 2.05) is 50.2 Å². The number of benzene rings is 2. The van der Waals surface area contributed by atoms with Crippen molar-refractivity contribution in [2.24, 2.45) is 0 Å². The normalized spacial score (nSPS) is 10.2. The van der Waals surface area contributed by atoms with Crippen molar-refractivity contribution in [3.05, 3.63) is 58.6 Å². The second-order valence-electron chi connectivity index (χ2n) is 4.70. The first kappa shape index (κ1) is 14.4. The second kappa shape index (κ2) is 6.44. The number of amides is 1. The van der Waals surface area contributed by atoms with Crippen LogP contribution in [-0.4, -0.2) is 12.5 Å². The minimum Gasteiger partial charge on any atom is -0.375 e. The van der Waals surface area contributed by atoms with Crippen molar-refractivity contribution in [3.63, 3.8) is 0 Å². The number of hydrogen-bond donors (Lipinski definition) is 2. The number of carbonyl (C=O) groups is 1. The molecule has 0 bridgehead atoms. The molecule has 0 fully saturated rings. The van der Waals surface area contributed by atoms with Gasteiger partial charge in [0.15, 0.2) is 0 Å². The van der Waals surface area contributed by atoms with E-state index in [4.69, 9.17) is 11.6 Å². The topological polar surface area (TPSA) is 41.1 Å². The zero-order valence-electron chi connectivity index (χ0n) is 11.5. The van der Waals surface area contributed by atoms with Crippen LogP contribution in [0, 0.1) is 13.8 Å². The first-order valence-electron chi connectivity index (χ1n) is 6.42. The Bertz CT molecular complexity index is 588. The Morgan fingerprint density at radius 2 is 1.80 bits per heavy atom. The molecule has 0 aliphatic carbocycles. The number of nitrogens with one attached hydrogen (secondary N) is 2. The van der Waals surface area contributed by atoms with Gasteiger partial charge in [-0.15, -0.1) is 0 Å². The van der Waals surface area contributed by atoms with Crippen LogP contribution in [0.15, 0.2) is 42.5 Å². The van der Waals surface area contributed by atoms with Crippen LogP contribution in [0.25, 0.3) is 0 Å². The molecule has 0 spiro atoms. The summed E-state index contributed by atoms with van der Waals surface area (Å²) in [7, 11) is 0. The maximum atomic E-state index is 11.9. The summed E-state index contributed by atoms with van der Waals surface area (Å²) in [5, 5.41) is 6.52. The molecule has 3 nitrogen and oxygen atoms in total. The highest BCUT2D eigenvalue weighted by Crippen LogP contribution is 2.24. The highest BCUT2D eigenvalue weighted by molar-refractivity contribution is 6.33. The fraction of sp³-hybridized carbons (Fsp3) is 0.188. The second-order valence-corrected chi connectivity index (χ2v) is 5.11. The smallest absolute Gasteiger partial charge is 0.243 e. The van der Waals surface area contributed by atoms with Crippen molar-refractivity contribution >= 4 is 28.9 Å². The maximum absolute atomic E-state index is 11.9. The summed E-state index contributed by atoms with van der Waals surface area (Å²) in [6, 6.07) is 13.3. The number of halogens is 1. The Hall–Kier alpha value is -2.00. The Morgan fingerprint density at radius 1 is 1.10 bits per heavy atom. The van der Waals surface area contributed by atoms with E-state index in [0.717, 1.165) is 22.5 Å². The molecule has 1 amide bonds. The molecule has 2 aromatic carbocycles. The first-order valence-corrected chi connectivity index (χ1v) is 6.79. The van der Waals surface area contributed by atoms with Crippen LogP contribution in [0.4, 0.5) is 11.4 Å². The summed E-state index contributed by atoms with van der Waals surface area (Å²) in [5.74, 6) is -0.104. The molecule has 0 aliphatic rings. The van der Waals surface area contributed by atoms with E-state index in [2.05, 4.69) is 10.6 Å². The quantitative estimate of drug-likeness (QED) is 0.892. The van der Waals surface area contributed by atoms with Gasteiger partial charge in [-0.25, -0.2) is 0 Å². The summed E-state index contributed by atoms with van der Waals surface area (Å²) in [5.41, 5.74) is 3.76. The summed E-state index contributed by atoms with van der Waals surface area (Å²) in [6.45, 7) is 4.14. The molecule has 104 valence electrons. The van der Waals surface area contributed by atoms with E-state index < -0.39 is 0 Å². The molecule has 2 N–H and O–H groups in total. The summed E-state index contributed by atoms with van der Waals surface area (Å²) >= 11 is 6.10. The van der Waals surface area contributed by atoms with Crippen LogP contribution in [-0.2, 0) is 4.79 Å². The van der Waals surface area contributed by atoms with Gasteiger partial charge in [0, 0.05) is 5.69 Å². The molecular formula is C16H17ClN2O. The fourth-order valence-corrected chi connectivity index (χ4v) is 2.16. The number of rotatable bonds is 4. The Kier molecular flexibility index (Phi) is 4.64. The lowest BCUT2D eigenvalue weighted by Gasteiger charge is -2.11. The van der Waals surface area contributed by atoms with Gasteiger partial charge in [0.2, 0.25) is 5.91 Å². The molecule has 0 heterocycles. The Labute approximate surface area is 124 Å². The van der Waals surface area contributed by atoms with E-state index in [-0.39, 0.29) is 12.5 Å². The SMILES string of the molecule is Cc1ccc(NC(=O)CNc2c(C)cccc2Cl)cc1. The standard InChI is InChI=1S/C16H17ClN2O/c1-11-6-8-13(9-7-11)19-15(20)10-18-16-12(2)4-3-5-14(16)17/h3-9,18H,10H2,1-2H3,(H,19,20). The lowest BCUT2D eigenvalue weighted by Crippen LogP contribution is -2.22. The van der Waals surface area contributed by atoms with Crippen molar-refractivity contribution in [2.45, 2.75) is 13.8 Å². The zero-order chi connectivity index (χ0) is 14.5. The molecule has 20 heavy (non-hydrogen) atoms. The first-order chi connectivity index (χ1) is 9.56. The van der Waals surface area contributed by atoms with Crippen LogP contribution >= 0.6 is 11.6 Å². The van der Waals surface area contributed by atoms with Crippen molar-refractivity contribution in [1.82, 2.24) is 0 Å². The van der Waals surface area contributed by atoms with Crippen molar-refractivity contribution in [2.75, 3.05) is 17.2 Å². The minimum absolute atomic E-state index is 0.104. The van der Waals surface area contributed by atoms with Gasteiger partial charge in [0.25, 0.3) is 0 Å². The van der Waals surface area contributed by atoms with Gasteiger partial charge < -0.3 is 10.6 Å². The predicted molar refractivity (Wildman–Crippen MR) is 84.5 cm³/mol. The molecule has 0 saturated carbocycles.